The summed E-state index contributed by atoms with van der Waals surface area (Å²) < 4.78 is 17.1. The fraction of sp³-hybridized carbons (Fsp3) is 0.850. The average Bonchev–Trinajstić information content (AvgIpc) is 2.63. The van der Waals surface area contributed by atoms with Crippen LogP contribution in [-0.4, -0.2) is 69.3 Å². The van der Waals surface area contributed by atoms with Crippen molar-refractivity contribution >= 4 is 27.5 Å². The van der Waals surface area contributed by atoms with E-state index in [-0.39, 0.29) is 16.1 Å². The van der Waals surface area contributed by atoms with E-state index in [1.807, 2.05) is 17.8 Å². The third-order valence-corrected chi connectivity index (χ3v) is 6.81. The summed E-state index contributed by atoms with van der Waals surface area (Å²) in [6, 6.07) is 0. The highest BCUT2D eigenvalue weighted by Gasteiger charge is 2.17. The van der Waals surface area contributed by atoms with Crippen LogP contribution in [-0.2, 0) is 19.0 Å². The Hall–Kier alpha value is -0.430. The first-order valence-electron chi connectivity index (χ1n) is 9.81. The molecule has 0 rings (SSSR count). The Morgan fingerprint density at radius 1 is 1.11 bits per heavy atom. The summed E-state index contributed by atoms with van der Waals surface area (Å²) in [6.07, 6.45) is 2.45. The van der Waals surface area contributed by atoms with Gasteiger partial charge in [-0.15, -0.1) is 5.92 Å². The van der Waals surface area contributed by atoms with Crippen LogP contribution >= 0.6 is 21.6 Å². The normalized spacial score (nSPS) is 12.3. The summed E-state index contributed by atoms with van der Waals surface area (Å²) in [6.45, 7) is 12.2. The van der Waals surface area contributed by atoms with Gasteiger partial charge in [0.25, 0.3) is 0 Å². The van der Waals surface area contributed by atoms with Gasteiger partial charge in [0, 0.05) is 11.2 Å². The number of nitrogens with one attached hydrogen (secondary N) is 2. The molecule has 0 aliphatic carbocycles. The summed E-state index contributed by atoms with van der Waals surface area (Å²) in [5, 5.41) is 5.88. The second kappa shape index (κ2) is 18.6. The zero-order chi connectivity index (χ0) is 21.1. The van der Waals surface area contributed by atoms with Crippen molar-refractivity contribution in [3.8, 4) is 11.8 Å². The summed E-state index contributed by atoms with van der Waals surface area (Å²) in [5.41, 5.74) is 0.174. The molecule has 0 heterocycles. The van der Waals surface area contributed by atoms with Gasteiger partial charge in [0.2, 0.25) is 5.91 Å². The molecule has 1 atom stereocenters. The molecule has 28 heavy (non-hydrogen) atoms. The molecular weight excluding hydrogens is 396 g/mol. The van der Waals surface area contributed by atoms with E-state index in [1.165, 1.54) is 0 Å². The number of ether oxygens (including phenoxy) is 3. The van der Waals surface area contributed by atoms with E-state index in [0.29, 0.717) is 46.0 Å². The fourth-order valence-corrected chi connectivity index (χ4v) is 4.30. The van der Waals surface area contributed by atoms with E-state index in [1.54, 1.807) is 17.7 Å². The van der Waals surface area contributed by atoms with Gasteiger partial charge in [-0.25, -0.2) is 0 Å². The fourth-order valence-electron chi connectivity index (χ4n) is 1.85. The number of hydrogen-bond acceptors (Lipinski definition) is 7. The molecule has 0 saturated heterocycles. The molecule has 0 aromatic carbocycles. The minimum Gasteiger partial charge on any atom is -0.379 e. The second-order valence-corrected chi connectivity index (χ2v) is 10.2. The maximum atomic E-state index is 11.5. The summed E-state index contributed by atoms with van der Waals surface area (Å²) in [7, 11) is 5.63. The predicted molar refractivity (Wildman–Crippen MR) is 121 cm³/mol. The van der Waals surface area contributed by atoms with Gasteiger partial charge in [-0.2, -0.15) is 0 Å². The van der Waals surface area contributed by atoms with Crippen molar-refractivity contribution in [3.63, 3.8) is 0 Å². The minimum absolute atomic E-state index is 0.0491. The van der Waals surface area contributed by atoms with Gasteiger partial charge in [-0.05, 0) is 33.4 Å². The van der Waals surface area contributed by atoms with Crippen LogP contribution in [0, 0.1) is 11.8 Å². The van der Waals surface area contributed by atoms with E-state index in [9.17, 15) is 4.79 Å². The SMILES string of the molecule is CC#CCNC(=O)CCOCCOCCOC(CCCNC)SSC(C)(C)C. The molecule has 0 aromatic rings. The van der Waals surface area contributed by atoms with Gasteiger partial charge >= 0.3 is 0 Å². The molecule has 0 radical (unpaired) electrons. The predicted octanol–water partition coefficient (Wildman–Crippen LogP) is 3.07. The van der Waals surface area contributed by atoms with Crippen LogP contribution < -0.4 is 10.6 Å². The van der Waals surface area contributed by atoms with Gasteiger partial charge in [0.05, 0.1) is 39.6 Å². The molecule has 2 N–H and O–H groups in total. The Balaban J connectivity index is 3.68. The first-order chi connectivity index (χ1) is 13.4. The quantitative estimate of drug-likeness (QED) is 0.158. The standard InChI is InChI=1S/C20H38N2O4S2/c1-6-7-12-22-18(23)10-13-24-14-15-25-16-17-26-19(9-8-11-21-5)27-28-20(2,3)4/h19,21H,8-17H2,1-5H3,(H,22,23). The van der Waals surface area contributed by atoms with Crippen molar-refractivity contribution < 1.29 is 19.0 Å². The highest BCUT2D eigenvalue weighted by molar-refractivity contribution is 8.77. The van der Waals surface area contributed by atoms with Gasteiger partial charge < -0.3 is 24.8 Å². The molecule has 6 nitrogen and oxygen atoms in total. The van der Waals surface area contributed by atoms with Gasteiger partial charge in [-0.3, -0.25) is 4.79 Å². The van der Waals surface area contributed by atoms with Crippen molar-refractivity contribution in [1.82, 2.24) is 10.6 Å². The Labute approximate surface area is 179 Å². The van der Waals surface area contributed by atoms with Crippen LogP contribution in [0.1, 0.15) is 47.0 Å². The lowest BCUT2D eigenvalue weighted by Gasteiger charge is -2.22. The molecule has 8 heteroatoms. The van der Waals surface area contributed by atoms with Crippen LogP contribution in [0.3, 0.4) is 0 Å². The zero-order valence-electron chi connectivity index (χ0n) is 18.1. The van der Waals surface area contributed by atoms with Crippen molar-refractivity contribution in [2.24, 2.45) is 0 Å². The molecule has 1 amide bonds. The largest absolute Gasteiger partial charge is 0.379 e. The van der Waals surface area contributed by atoms with E-state index in [4.69, 9.17) is 14.2 Å². The zero-order valence-corrected chi connectivity index (χ0v) is 19.7. The minimum atomic E-state index is -0.0491. The maximum absolute atomic E-state index is 11.5. The van der Waals surface area contributed by atoms with Crippen molar-refractivity contribution in [3.05, 3.63) is 0 Å². The lowest BCUT2D eigenvalue weighted by Crippen LogP contribution is -2.25. The molecule has 0 aliphatic heterocycles. The van der Waals surface area contributed by atoms with E-state index in [2.05, 4.69) is 43.2 Å². The molecule has 164 valence electrons. The second-order valence-electron chi connectivity index (χ2n) is 7.02. The smallest absolute Gasteiger partial charge is 0.223 e. The first kappa shape index (κ1) is 27.6. The number of carbonyl (C=O) groups excluding carboxylic acids is 1. The molecule has 0 aromatic heterocycles. The Bertz CT molecular complexity index is 448. The maximum Gasteiger partial charge on any atom is 0.223 e. The highest BCUT2D eigenvalue weighted by atomic mass is 33.1. The van der Waals surface area contributed by atoms with Crippen LogP contribution in [0.5, 0.6) is 0 Å². The van der Waals surface area contributed by atoms with Crippen LogP contribution in [0.2, 0.25) is 0 Å². The topological polar surface area (TPSA) is 68.8 Å². The van der Waals surface area contributed by atoms with Crippen LogP contribution in [0.15, 0.2) is 0 Å². The number of amides is 1. The van der Waals surface area contributed by atoms with E-state index < -0.39 is 0 Å². The third kappa shape index (κ3) is 20.3. The first-order valence-corrected chi connectivity index (χ1v) is 12.0. The van der Waals surface area contributed by atoms with Crippen molar-refractivity contribution in [2.45, 2.75) is 57.1 Å². The van der Waals surface area contributed by atoms with E-state index >= 15 is 0 Å². The van der Waals surface area contributed by atoms with Crippen molar-refractivity contribution in [2.75, 3.05) is 53.2 Å². The average molecular weight is 435 g/mol. The van der Waals surface area contributed by atoms with Gasteiger partial charge in [0.1, 0.15) is 5.44 Å². The molecule has 1 unspecified atom stereocenters. The molecule has 0 fully saturated rings. The van der Waals surface area contributed by atoms with E-state index in [0.717, 1.165) is 19.4 Å². The highest BCUT2D eigenvalue weighted by Crippen LogP contribution is 2.39. The van der Waals surface area contributed by atoms with Crippen LogP contribution in [0.4, 0.5) is 0 Å². The third-order valence-electron chi connectivity index (χ3n) is 3.20. The summed E-state index contributed by atoms with van der Waals surface area (Å²) in [4.78, 5) is 11.5. The van der Waals surface area contributed by atoms with Crippen LogP contribution in [0.25, 0.3) is 0 Å². The monoisotopic (exact) mass is 434 g/mol. The van der Waals surface area contributed by atoms with Crippen molar-refractivity contribution in [1.29, 1.82) is 0 Å². The number of hydrogen-bond donors (Lipinski definition) is 2. The number of rotatable bonds is 17. The lowest BCUT2D eigenvalue weighted by molar-refractivity contribution is -0.122. The Kier molecular flexibility index (Phi) is 18.3. The lowest BCUT2D eigenvalue weighted by atomic mass is 10.3. The molecule has 0 spiro atoms. The van der Waals surface area contributed by atoms with Gasteiger partial charge in [-0.1, -0.05) is 48.3 Å². The Morgan fingerprint density at radius 3 is 2.43 bits per heavy atom. The molecule has 0 bridgehead atoms. The molecule has 0 saturated carbocycles. The number of carbonyl (C=O) groups is 1. The van der Waals surface area contributed by atoms with Gasteiger partial charge in [0.15, 0.2) is 0 Å². The Morgan fingerprint density at radius 2 is 1.79 bits per heavy atom. The summed E-state index contributed by atoms with van der Waals surface area (Å²) >= 11 is 0. The summed E-state index contributed by atoms with van der Waals surface area (Å²) in [5.74, 6) is 5.47. The molecule has 0 aliphatic rings. The molecular formula is C20H38N2O4S2.